The summed E-state index contributed by atoms with van der Waals surface area (Å²) in [6.07, 6.45) is 6.79. The Morgan fingerprint density at radius 3 is 2.80 bits per heavy atom. The summed E-state index contributed by atoms with van der Waals surface area (Å²) in [6, 6.07) is 0. The zero-order chi connectivity index (χ0) is 7.61. The summed E-state index contributed by atoms with van der Waals surface area (Å²) in [6.45, 7) is 4.31. The van der Waals surface area contributed by atoms with E-state index < -0.39 is 0 Å². The van der Waals surface area contributed by atoms with Gasteiger partial charge in [0.15, 0.2) is 5.78 Å². The molecule has 0 amide bonds. The fraction of sp³-hybridized carbons (Fsp3) is 0.667. The van der Waals surface area contributed by atoms with Crippen LogP contribution in [-0.4, -0.2) is 5.78 Å². The maximum Gasteiger partial charge on any atom is 0.156 e. The zero-order valence-corrected chi connectivity index (χ0v) is 6.68. The van der Waals surface area contributed by atoms with E-state index in [2.05, 4.69) is 19.9 Å². The Morgan fingerprint density at radius 2 is 2.40 bits per heavy atom. The van der Waals surface area contributed by atoms with Crippen molar-refractivity contribution in [2.45, 2.75) is 33.1 Å². The summed E-state index contributed by atoms with van der Waals surface area (Å²) in [7, 11) is 0. The van der Waals surface area contributed by atoms with Crippen LogP contribution in [0.4, 0.5) is 0 Å². The Bertz CT molecular complexity index is 170. The van der Waals surface area contributed by atoms with Crippen molar-refractivity contribution in [1.29, 1.82) is 0 Å². The molecule has 0 saturated heterocycles. The van der Waals surface area contributed by atoms with Gasteiger partial charge in [0.25, 0.3) is 0 Å². The molecule has 0 saturated carbocycles. The normalized spacial score (nSPS) is 31.6. The molecule has 1 nitrogen and oxygen atoms in total. The van der Waals surface area contributed by atoms with Gasteiger partial charge in [0, 0.05) is 6.42 Å². The van der Waals surface area contributed by atoms with E-state index in [9.17, 15) is 4.79 Å². The minimum Gasteiger partial charge on any atom is -0.295 e. The summed E-state index contributed by atoms with van der Waals surface area (Å²) < 4.78 is 0. The third kappa shape index (κ3) is 1.47. The number of rotatable bonds is 2. The van der Waals surface area contributed by atoms with Crippen LogP contribution in [0.3, 0.4) is 0 Å². The molecule has 0 aromatic heterocycles. The minimum atomic E-state index is 0.186. The fourth-order valence-electron chi connectivity index (χ4n) is 1.55. The molecule has 1 heteroatoms. The molecule has 1 rings (SSSR count). The van der Waals surface area contributed by atoms with Crippen molar-refractivity contribution in [3.63, 3.8) is 0 Å². The Balaban J connectivity index is 2.56. The summed E-state index contributed by atoms with van der Waals surface area (Å²) >= 11 is 0. The first-order valence-corrected chi connectivity index (χ1v) is 3.88. The van der Waals surface area contributed by atoms with Gasteiger partial charge in [-0.05, 0) is 17.9 Å². The molecule has 0 bridgehead atoms. The van der Waals surface area contributed by atoms with Gasteiger partial charge in [-0.2, -0.15) is 0 Å². The Labute approximate surface area is 62.1 Å². The van der Waals surface area contributed by atoms with E-state index in [1.54, 1.807) is 6.08 Å². The number of hydrogen-bond donors (Lipinski definition) is 0. The van der Waals surface area contributed by atoms with Crippen LogP contribution in [0.5, 0.6) is 0 Å². The van der Waals surface area contributed by atoms with Crippen molar-refractivity contribution in [2.75, 3.05) is 0 Å². The van der Waals surface area contributed by atoms with Crippen LogP contribution in [0.2, 0.25) is 0 Å². The predicted octanol–water partition coefficient (Wildman–Crippen LogP) is 2.32. The van der Waals surface area contributed by atoms with Gasteiger partial charge in [-0.1, -0.05) is 26.3 Å². The predicted molar refractivity (Wildman–Crippen MR) is 41.8 cm³/mol. The van der Waals surface area contributed by atoms with E-state index >= 15 is 0 Å². The highest BCUT2D eigenvalue weighted by Gasteiger charge is 2.27. The molecule has 56 valence electrons. The zero-order valence-electron chi connectivity index (χ0n) is 6.68. The standard InChI is InChI=1S/C9H14O/c1-3-5-9(2)6-4-8(10)7-9/h4,6H,3,5,7H2,1-2H3. The highest BCUT2D eigenvalue weighted by molar-refractivity contribution is 5.92. The topological polar surface area (TPSA) is 17.1 Å². The monoisotopic (exact) mass is 138 g/mol. The number of ketones is 1. The molecule has 0 fully saturated rings. The van der Waals surface area contributed by atoms with E-state index in [-0.39, 0.29) is 11.2 Å². The third-order valence-corrected chi connectivity index (χ3v) is 2.07. The first-order chi connectivity index (χ1) is 4.66. The molecule has 1 aliphatic carbocycles. The molecule has 1 aliphatic rings. The van der Waals surface area contributed by atoms with E-state index in [0.717, 1.165) is 19.3 Å². The Kier molecular flexibility index (Phi) is 1.93. The van der Waals surface area contributed by atoms with Gasteiger partial charge in [0.2, 0.25) is 0 Å². The molecular weight excluding hydrogens is 124 g/mol. The number of allylic oxidation sites excluding steroid dienone is 2. The van der Waals surface area contributed by atoms with Crippen LogP contribution in [0.15, 0.2) is 12.2 Å². The summed E-state index contributed by atoms with van der Waals surface area (Å²) in [4.78, 5) is 10.8. The van der Waals surface area contributed by atoms with Crippen molar-refractivity contribution >= 4 is 5.78 Å². The molecule has 1 unspecified atom stereocenters. The summed E-state index contributed by atoms with van der Waals surface area (Å²) in [5, 5.41) is 0. The average Bonchev–Trinajstić information content (AvgIpc) is 2.12. The van der Waals surface area contributed by atoms with Crippen LogP contribution in [0.1, 0.15) is 33.1 Å². The summed E-state index contributed by atoms with van der Waals surface area (Å²) in [5.74, 6) is 0.288. The molecule has 0 spiro atoms. The lowest BCUT2D eigenvalue weighted by Gasteiger charge is -2.18. The Morgan fingerprint density at radius 1 is 1.70 bits per heavy atom. The lowest BCUT2D eigenvalue weighted by atomic mass is 9.85. The van der Waals surface area contributed by atoms with Gasteiger partial charge in [-0.15, -0.1) is 0 Å². The molecule has 1 atom stereocenters. The highest BCUT2D eigenvalue weighted by atomic mass is 16.1. The van der Waals surface area contributed by atoms with E-state index in [0.29, 0.717) is 0 Å². The molecule has 0 heterocycles. The number of carbonyl (C=O) groups excluding carboxylic acids is 1. The highest BCUT2D eigenvalue weighted by Crippen LogP contribution is 2.33. The van der Waals surface area contributed by atoms with Crippen molar-refractivity contribution in [3.8, 4) is 0 Å². The maximum atomic E-state index is 10.8. The second-order valence-electron chi connectivity index (χ2n) is 3.38. The minimum absolute atomic E-state index is 0.186. The van der Waals surface area contributed by atoms with Gasteiger partial charge in [0.1, 0.15) is 0 Å². The van der Waals surface area contributed by atoms with Crippen LogP contribution >= 0.6 is 0 Å². The molecule has 10 heavy (non-hydrogen) atoms. The maximum absolute atomic E-state index is 10.8. The first kappa shape index (κ1) is 7.52. The quantitative estimate of drug-likeness (QED) is 0.572. The van der Waals surface area contributed by atoms with Crippen molar-refractivity contribution in [2.24, 2.45) is 5.41 Å². The lowest BCUT2D eigenvalue weighted by molar-refractivity contribution is -0.115. The van der Waals surface area contributed by atoms with Gasteiger partial charge in [-0.3, -0.25) is 4.79 Å². The van der Waals surface area contributed by atoms with E-state index in [1.807, 2.05) is 0 Å². The van der Waals surface area contributed by atoms with Crippen molar-refractivity contribution < 1.29 is 4.79 Å². The van der Waals surface area contributed by atoms with Crippen LogP contribution < -0.4 is 0 Å². The SMILES string of the molecule is CCCC1(C)C=CC(=O)C1. The van der Waals surface area contributed by atoms with Crippen LogP contribution in [0.25, 0.3) is 0 Å². The van der Waals surface area contributed by atoms with Crippen LogP contribution in [-0.2, 0) is 4.79 Å². The lowest BCUT2D eigenvalue weighted by Crippen LogP contribution is -2.10. The molecule has 0 N–H and O–H groups in total. The Hall–Kier alpha value is -0.590. The van der Waals surface area contributed by atoms with Gasteiger partial charge in [-0.25, -0.2) is 0 Å². The first-order valence-electron chi connectivity index (χ1n) is 3.88. The summed E-state index contributed by atoms with van der Waals surface area (Å²) in [5.41, 5.74) is 0.186. The van der Waals surface area contributed by atoms with E-state index in [4.69, 9.17) is 0 Å². The van der Waals surface area contributed by atoms with Gasteiger partial charge in [0.05, 0.1) is 0 Å². The largest absolute Gasteiger partial charge is 0.295 e. The second kappa shape index (κ2) is 2.57. The second-order valence-corrected chi connectivity index (χ2v) is 3.38. The average molecular weight is 138 g/mol. The molecule has 0 radical (unpaired) electrons. The molecule has 0 aliphatic heterocycles. The molecule has 0 aromatic carbocycles. The van der Waals surface area contributed by atoms with Gasteiger partial charge >= 0.3 is 0 Å². The smallest absolute Gasteiger partial charge is 0.156 e. The molecular formula is C9H14O. The fourth-order valence-corrected chi connectivity index (χ4v) is 1.55. The third-order valence-electron chi connectivity index (χ3n) is 2.07. The number of hydrogen-bond acceptors (Lipinski definition) is 1. The number of carbonyl (C=O) groups is 1. The van der Waals surface area contributed by atoms with Crippen molar-refractivity contribution in [1.82, 2.24) is 0 Å². The molecule has 0 aromatic rings. The van der Waals surface area contributed by atoms with E-state index in [1.165, 1.54) is 0 Å². The van der Waals surface area contributed by atoms with Crippen molar-refractivity contribution in [3.05, 3.63) is 12.2 Å². The van der Waals surface area contributed by atoms with Gasteiger partial charge < -0.3 is 0 Å². The van der Waals surface area contributed by atoms with Crippen LogP contribution in [0, 0.1) is 5.41 Å².